The Hall–Kier alpha value is -3.05. The van der Waals surface area contributed by atoms with Crippen molar-refractivity contribution in [2.75, 3.05) is 12.4 Å². The van der Waals surface area contributed by atoms with Crippen molar-refractivity contribution in [3.05, 3.63) is 82.6 Å². The summed E-state index contributed by atoms with van der Waals surface area (Å²) in [5.41, 5.74) is 3.20. The Morgan fingerprint density at radius 2 is 1.89 bits per heavy atom. The summed E-state index contributed by atoms with van der Waals surface area (Å²) in [5.74, 6) is 0.329. The van der Waals surface area contributed by atoms with Crippen molar-refractivity contribution in [1.29, 1.82) is 0 Å². The highest BCUT2D eigenvalue weighted by atomic mass is 35.5. The zero-order valence-corrected chi connectivity index (χ0v) is 15.9. The van der Waals surface area contributed by atoms with E-state index >= 15 is 0 Å². The number of halogens is 1. The first-order valence-electron chi connectivity index (χ1n) is 8.47. The predicted octanol–water partition coefficient (Wildman–Crippen LogP) is 4.55. The first-order chi connectivity index (χ1) is 13.1. The summed E-state index contributed by atoms with van der Waals surface area (Å²) in [7, 11) is 1.56. The normalized spacial score (nSPS) is 10.9. The van der Waals surface area contributed by atoms with Crippen LogP contribution in [0, 0.1) is 6.92 Å². The Morgan fingerprint density at radius 1 is 1.19 bits per heavy atom. The van der Waals surface area contributed by atoms with Gasteiger partial charge in [-0.2, -0.15) is 5.10 Å². The smallest absolute Gasteiger partial charge is 0.248 e. The summed E-state index contributed by atoms with van der Waals surface area (Å²) in [6.45, 7) is 2.44. The van der Waals surface area contributed by atoms with E-state index in [4.69, 9.17) is 16.3 Å². The van der Waals surface area contributed by atoms with E-state index in [1.54, 1.807) is 30.0 Å². The molecule has 0 fully saturated rings. The van der Waals surface area contributed by atoms with Gasteiger partial charge in [0.15, 0.2) is 0 Å². The van der Waals surface area contributed by atoms with Gasteiger partial charge in [-0.1, -0.05) is 54.1 Å². The number of anilines is 1. The van der Waals surface area contributed by atoms with Crippen LogP contribution in [0.25, 0.3) is 6.08 Å². The lowest BCUT2D eigenvalue weighted by molar-refractivity contribution is -0.111. The van der Waals surface area contributed by atoms with E-state index in [-0.39, 0.29) is 5.91 Å². The minimum Gasteiger partial charge on any atom is -0.495 e. The van der Waals surface area contributed by atoms with E-state index in [2.05, 4.69) is 10.4 Å². The molecule has 1 N–H and O–H groups in total. The fourth-order valence-electron chi connectivity index (χ4n) is 2.70. The lowest BCUT2D eigenvalue weighted by Gasteiger charge is -2.07. The lowest BCUT2D eigenvalue weighted by atomic mass is 10.2. The molecule has 1 heterocycles. The number of aryl methyl sites for hydroxylation is 1. The van der Waals surface area contributed by atoms with Crippen LogP contribution in [0.3, 0.4) is 0 Å². The number of benzene rings is 2. The Balaban J connectivity index is 1.74. The van der Waals surface area contributed by atoms with Crippen molar-refractivity contribution in [1.82, 2.24) is 9.78 Å². The number of nitrogens with one attached hydrogen (secondary N) is 1. The largest absolute Gasteiger partial charge is 0.495 e. The predicted molar refractivity (Wildman–Crippen MR) is 108 cm³/mol. The van der Waals surface area contributed by atoms with Crippen LogP contribution in [0.1, 0.15) is 16.8 Å². The zero-order chi connectivity index (χ0) is 19.2. The van der Waals surface area contributed by atoms with Gasteiger partial charge in [0.25, 0.3) is 0 Å². The number of rotatable bonds is 6. The van der Waals surface area contributed by atoms with Gasteiger partial charge in [0.05, 0.1) is 25.0 Å². The van der Waals surface area contributed by atoms with Crippen molar-refractivity contribution in [3.8, 4) is 5.75 Å². The molecule has 0 saturated heterocycles. The number of aromatic nitrogens is 2. The molecule has 3 rings (SSSR count). The molecule has 1 amide bonds. The molecule has 0 saturated carbocycles. The maximum absolute atomic E-state index is 12.3. The topological polar surface area (TPSA) is 56.1 Å². The minimum atomic E-state index is -0.272. The summed E-state index contributed by atoms with van der Waals surface area (Å²) in [6, 6.07) is 17.2. The van der Waals surface area contributed by atoms with Crippen LogP contribution in [-0.4, -0.2) is 22.8 Å². The van der Waals surface area contributed by atoms with Crippen LogP contribution in [-0.2, 0) is 11.3 Å². The highest BCUT2D eigenvalue weighted by molar-refractivity contribution is 6.31. The molecular weight excluding hydrogens is 362 g/mol. The third-order valence-corrected chi connectivity index (χ3v) is 4.45. The molecule has 3 aromatic rings. The second-order valence-electron chi connectivity index (χ2n) is 5.96. The summed E-state index contributed by atoms with van der Waals surface area (Å²) >= 11 is 6.47. The first-order valence-corrected chi connectivity index (χ1v) is 8.85. The molecule has 6 heteroatoms. The van der Waals surface area contributed by atoms with Gasteiger partial charge in [0, 0.05) is 11.6 Å². The number of hydrogen-bond donors (Lipinski definition) is 1. The Kier molecular flexibility index (Phi) is 5.94. The van der Waals surface area contributed by atoms with Crippen molar-refractivity contribution < 1.29 is 9.53 Å². The molecule has 0 radical (unpaired) electrons. The van der Waals surface area contributed by atoms with Crippen LogP contribution < -0.4 is 10.1 Å². The quantitative estimate of drug-likeness (QED) is 0.637. The molecule has 27 heavy (non-hydrogen) atoms. The average Bonchev–Trinajstić information content (AvgIpc) is 2.94. The molecule has 138 valence electrons. The summed E-state index contributed by atoms with van der Waals surface area (Å²) < 4.78 is 6.96. The second kappa shape index (κ2) is 8.56. The van der Waals surface area contributed by atoms with Gasteiger partial charge < -0.3 is 10.1 Å². The number of carbonyl (C=O) groups excluding carboxylic acids is 1. The number of hydrogen-bond acceptors (Lipinski definition) is 3. The number of para-hydroxylation sites is 2. The highest BCUT2D eigenvalue weighted by Crippen LogP contribution is 2.24. The minimum absolute atomic E-state index is 0.272. The molecule has 1 aromatic heterocycles. The SMILES string of the molecule is COc1ccccc1NC(=O)/C=C/c1c(C)nn(Cc2ccccc2)c1Cl. The Bertz CT molecular complexity index is 965. The standard InChI is InChI=1S/C21H20ClN3O2/c1-15-17(21(22)25(24-15)14-16-8-4-3-5-9-16)12-13-20(26)23-18-10-6-7-11-19(18)27-2/h3-13H,14H2,1-2H3,(H,23,26)/b13-12+. The molecule has 5 nitrogen and oxygen atoms in total. The van der Waals surface area contributed by atoms with E-state index in [0.29, 0.717) is 23.1 Å². The molecule has 0 unspecified atom stereocenters. The van der Waals surface area contributed by atoms with Gasteiger partial charge in [-0.3, -0.25) is 4.79 Å². The van der Waals surface area contributed by atoms with Crippen molar-refractivity contribution in [2.24, 2.45) is 0 Å². The molecule has 0 aliphatic carbocycles. The van der Waals surface area contributed by atoms with E-state index in [1.807, 2.05) is 49.4 Å². The number of amides is 1. The highest BCUT2D eigenvalue weighted by Gasteiger charge is 2.12. The molecule has 0 spiro atoms. The van der Waals surface area contributed by atoms with Gasteiger partial charge >= 0.3 is 0 Å². The first kappa shape index (κ1) is 18.7. The molecule has 0 aliphatic rings. The summed E-state index contributed by atoms with van der Waals surface area (Å²) in [6.07, 6.45) is 3.12. The van der Waals surface area contributed by atoms with E-state index in [0.717, 1.165) is 16.8 Å². The summed E-state index contributed by atoms with van der Waals surface area (Å²) in [4.78, 5) is 12.3. The zero-order valence-electron chi connectivity index (χ0n) is 15.1. The summed E-state index contributed by atoms with van der Waals surface area (Å²) in [5, 5.41) is 7.77. The van der Waals surface area contributed by atoms with Crippen LogP contribution in [0.2, 0.25) is 5.15 Å². The third kappa shape index (κ3) is 4.57. The maximum atomic E-state index is 12.3. The molecular formula is C21H20ClN3O2. The van der Waals surface area contributed by atoms with Gasteiger partial charge in [0.2, 0.25) is 5.91 Å². The van der Waals surface area contributed by atoms with Gasteiger partial charge in [-0.25, -0.2) is 4.68 Å². The van der Waals surface area contributed by atoms with Crippen LogP contribution in [0.5, 0.6) is 5.75 Å². The third-order valence-electron chi connectivity index (χ3n) is 4.05. The Morgan fingerprint density at radius 3 is 2.63 bits per heavy atom. The van der Waals surface area contributed by atoms with Crippen LogP contribution >= 0.6 is 11.6 Å². The molecule has 0 aliphatic heterocycles. The van der Waals surface area contributed by atoms with E-state index in [1.165, 1.54) is 6.08 Å². The lowest BCUT2D eigenvalue weighted by Crippen LogP contribution is -2.08. The van der Waals surface area contributed by atoms with Crippen molar-refractivity contribution in [2.45, 2.75) is 13.5 Å². The fourth-order valence-corrected chi connectivity index (χ4v) is 3.00. The number of nitrogens with zero attached hydrogens (tertiary/aromatic N) is 2. The number of methoxy groups -OCH3 is 1. The Labute approximate surface area is 163 Å². The average molecular weight is 382 g/mol. The number of ether oxygens (including phenoxy) is 1. The second-order valence-corrected chi connectivity index (χ2v) is 6.31. The maximum Gasteiger partial charge on any atom is 0.248 e. The van der Waals surface area contributed by atoms with Gasteiger partial charge in [-0.05, 0) is 30.7 Å². The molecule has 2 aromatic carbocycles. The molecule has 0 bridgehead atoms. The van der Waals surface area contributed by atoms with Crippen LogP contribution in [0.15, 0.2) is 60.7 Å². The van der Waals surface area contributed by atoms with Crippen molar-refractivity contribution >= 4 is 29.3 Å². The molecule has 0 atom stereocenters. The van der Waals surface area contributed by atoms with E-state index in [9.17, 15) is 4.79 Å². The number of carbonyl (C=O) groups is 1. The van der Waals surface area contributed by atoms with E-state index < -0.39 is 0 Å². The fraction of sp³-hybridized carbons (Fsp3) is 0.143. The van der Waals surface area contributed by atoms with Crippen LogP contribution in [0.4, 0.5) is 5.69 Å². The van der Waals surface area contributed by atoms with Crippen molar-refractivity contribution in [3.63, 3.8) is 0 Å². The van der Waals surface area contributed by atoms with Gasteiger partial charge in [0.1, 0.15) is 10.9 Å². The monoisotopic (exact) mass is 381 g/mol. The van der Waals surface area contributed by atoms with Gasteiger partial charge in [-0.15, -0.1) is 0 Å².